The van der Waals surface area contributed by atoms with Crippen molar-refractivity contribution in [3.8, 4) is 0 Å². The molecule has 0 aliphatic carbocycles. The molecule has 3 rings (SSSR count). The van der Waals surface area contributed by atoms with Crippen molar-refractivity contribution in [3.05, 3.63) is 65.5 Å². The molecule has 1 unspecified atom stereocenters. The highest BCUT2D eigenvalue weighted by Gasteiger charge is 2.11. The molecule has 1 atom stereocenters. The minimum atomic E-state index is -0.0531. The number of hydrogen-bond acceptors (Lipinski definition) is 2. The summed E-state index contributed by atoms with van der Waals surface area (Å²) in [5.41, 5.74) is 11.0. The molecule has 0 saturated heterocycles. The van der Waals surface area contributed by atoms with E-state index >= 15 is 0 Å². The van der Waals surface area contributed by atoms with Gasteiger partial charge in [-0.2, -0.15) is 0 Å². The lowest BCUT2D eigenvalue weighted by molar-refractivity contribution is 0.621. The van der Waals surface area contributed by atoms with Crippen molar-refractivity contribution in [2.24, 2.45) is 5.73 Å². The Hall–Kier alpha value is -2.13. The van der Waals surface area contributed by atoms with Gasteiger partial charge in [-0.25, -0.2) is 4.98 Å². The molecule has 0 amide bonds. The molecule has 0 aliphatic rings. The van der Waals surface area contributed by atoms with E-state index in [9.17, 15) is 0 Å². The molecule has 3 nitrogen and oxygen atoms in total. The van der Waals surface area contributed by atoms with Crippen molar-refractivity contribution >= 4 is 11.0 Å². The van der Waals surface area contributed by atoms with E-state index in [2.05, 4.69) is 59.4 Å². The number of hydrogen-bond donors (Lipinski definition) is 2. The van der Waals surface area contributed by atoms with Crippen molar-refractivity contribution in [2.75, 3.05) is 0 Å². The Morgan fingerprint density at radius 2 is 1.90 bits per heavy atom. The molecule has 21 heavy (non-hydrogen) atoms. The molecule has 3 N–H and O–H groups in total. The minimum Gasteiger partial charge on any atom is -0.341 e. The molecule has 0 fully saturated rings. The Labute approximate surface area is 125 Å². The quantitative estimate of drug-likeness (QED) is 0.747. The predicted octanol–water partition coefficient (Wildman–Crippen LogP) is 3.76. The SMILES string of the molecule is CCc1ccc2nc(C(N)CCc3ccccc3)[nH]c2c1. The highest BCUT2D eigenvalue weighted by molar-refractivity contribution is 5.76. The number of rotatable bonds is 5. The Kier molecular flexibility index (Phi) is 4.02. The first kappa shape index (κ1) is 13.8. The normalized spacial score (nSPS) is 12.7. The second kappa shape index (κ2) is 6.10. The first-order valence-corrected chi connectivity index (χ1v) is 7.54. The lowest BCUT2D eigenvalue weighted by Gasteiger charge is -2.08. The van der Waals surface area contributed by atoms with E-state index in [-0.39, 0.29) is 6.04 Å². The summed E-state index contributed by atoms with van der Waals surface area (Å²) >= 11 is 0. The van der Waals surface area contributed by atoms with E-state index in [1.807, 2.05) is 6.07 Å². The van der Waals surface area contributed by atoms with Crippen molar-refractivity contribution in [2.45, 2.75) is 32.2 Å². The average Bonchev–Trinajstić information content (AvgIpc) is 2.96. The van der Waals surface area contributed by atoms with Gasteiger partial charge in [0.2, 0.25) is 0 Å². The van der Waals surface area contributed by atoms with Crippen LogP contribution in [0.3, 0.4) is 0 Å². The number of aromatic nitrogens is 2. The molecular weight excluding hydrogens is 258 g/mol. The highest BCUT2D eigenvalue weighted by atomic mass is 15.0. The number of aryl methyl sites for hydroxylation is 2. The van der Waals surface area contributed by atoms with Gasteiger partial charge in [-0.1, -0.05) is 43.3 Å². The first-order chi connectivity index (χ1) is 10.3. The second-order valence-corrected chi connectivity index (χ2v) is 5.46. The van der Waals surface area contributed by atoms with Crippen molar-refractivity contribution in [1.29, 1.82) is 0 Å². The lowest BCUT2D eigenvalue weighted by atomic mass is 10.1. The zero-order valence-corrected chi connectivity index (χ0v) is 12.3. The predicted molar refractivity (Wildman–Crippen MR) is 87.2 cm³/mol. The Morgan fingerprint density at radius 1 is 1.10 bits per heavy atom. The number of aromatic amines is 1. The molecule has 1 heterocycles. The van der Waals surface area contributed by atoms with E-state index < -0.39 is 0 Å². The van der Waals surface area contributed by atoms with Gasteiger partial charge in [0.05, 0.1) is 17.1 Å². The second-order valence-electron chi connectivity index (χ2n) is 5.46. The van der Waals surface area contributed by atoms with Gasteiger partial charge in [0.1, 0.15) is 5.82 Å². The molecule has 108 valence electrons. The molecule has 1 aromatic heterocycles. The highest BCUT2D eigenvalue weighted by Crippen LogP contribution is 2.19. The maximum atomic E-state index is 6.28. The van der Waals surface area contributed by atoms with E-state index in [4.69, 9.17) is 5.73 Å². The van der Waals surface area contributed by atoms with Crippen LogP contribution in [0.25, 0.3) is 11.0 Å². The van der Waals surface area contributed by atoms with Crippen LogP contribution in [0.15, 0.2) is 48.5 Å². The Bertz CT molecular complexity index is 716. The zero-order valence-electron chi connectivity index (χ0n) is 12.3. The number of imidazole rings is 1. The summed E-state index contributed by atoms with van der Waals surface area (Å²) in [5, 5.41) is 0. The third kappa shape index (κ3) is 3.14. The van der Waals surface area contributed by atoms with Gasteiger partial charge in [-0.05, 0) is 42.5 Å². The number of nitrogens with one attached hydrogen (secondary N) is 1. The topological polar surface area (TPSA) is 54.7 Å². The van der Waals surface area contributed by atoms with E-state index in [0.717, 1.165) is 36.1 Å². The van der Waals surface area contributed by atoms with Gasteiger partial charge in [0.15, 0.2) is 0 Å². The van der Waals surface area contributed by atoms with Gasteiger partial charge in [0, 0.05) is 0 Å². The minimum absolute atomic E-state index is 0.0531. The third-order valence-electron chi connectivity index (χ3n) is 3.91. The van der Waals surface area contributed by atoms with Crippen molar-refractivity contribution in [1.82, 2.24) is 9.97 Å². The summed E-state index contributed by atoms with van der Waals surface area (Å²) < 4.78 is 0. The number of benzene rings is 2. The third-order valence-corrected chi connectivity index (χ3v) is 3.91. The number of H-pyrrole nitrogens is 1. The number of fused-ring (bicyclic) bond motifs is 1. The molecule has 3 aromatic rings. The van der Waals surface area contributed by atoms with Gasteiger partial charge in [0.25, 0.3) is 0 Å². The van der Waals surface area contributed by atoms with Crippen LogP contribution in [0.2, 0.25) is 0 Å². The summed E-state index contributed by atoms with van der Waals surface area (Å²) in [4.78, 5) is 7.99. The summed E-state index contributed by atoms with van der Waals surface area (Å²) in [6.07, 6.45) is 2.90. The van der Waals surface area contributed by atoms with E-state index in [1.54, 1.807) is 0 Å². The molecule has 0 spiro atoms. The first-order valence-electron chi connectivity index (χ1n) is 7.54. The van der Waals surface area contributed by atoms with Crippen LogP contribution in [0.5, 0.6) is 0 Å². The smallest absolute Gasteiger partial charge is 0.124 e. The van der Waals surface area contributed by atoms with E-state index in [1.165, 1.54) is 11.1 Å². The monoisotopic (exact) mass is 279 g/mol. The fraction of sp³-hybridized carbons (Fsp3) is 0.278. The maximum Gasteiger partial charge on any atom is 0.124 e. The average molecular weight is 279 g/mol. The van der Waals surface area contributed by atoms with Crippen LogP contribution in [0.1, 0.15) is 36.3 Å². The van der Waals surface area contributed by atoms with Gasteiger partial charge < -0.3 is 10.7 Å². The lowest BCUT2D eigenvalue weighted by Crippen LogP contribution is -2.13. The van der Waals surface area contributed by atoms with Crippen LogP contribution < -0.4 is 5.73 Å². The summed E-state index contributed by atoms with van der Waals surface area (Å²) in [6, 6.07) is 16.7. The molecule has 0 bridgehead atoms. The van der Waals surface area contributed by atoms with Crippen molar-refractivity contribution in [3.63, 3.8) is 0 Å². The van der Waals surface area contributed by atoms with Gasteiger partial charge in [-0.3, -0.25) is 0 Å². The summed E-state index contributed by atoms with van der Waals surface area (Å²) in [5.74, 6) is 0.884. The van der Waals surface area contributed by atoms with Crippen molar-refractivity contribution < 1.29 is 0 Å². The summed E-state index contributed by atoms with van der Waals surface area (Å²) in [6.45, 7) is 2.16. The van der Waals surface area contributed by atoms with Crippen LogP contribution >= 0.6 is 0 Å². The van der Waals surface area contributed by atoms with Crippen LogP contribution in [0, 0.1) is 0 Å². The maximum absolute atomic E-state index is 6.28. The standard InChI is InChI=1S/C18H21N3/c1-2-13-9-11-16-17(12-13)21-18(20-16)15(19)10-8-14-6-4-3-5-7-14/h3-7,9,11-12,15H,2,8,10,19H2,1H3,(H,20,21). The van der Waals surface area contributed by atoms with Gasteiger partial charge in [-0.15, -0.1) is 0 Å². The van der Waals surface area contributed by atoms with E-state index in [0.29, 0.717) is 0 Å². The molecule has 0 radical (unpaired) electrons. The fourth-order valence-corrected chi connectivity index (χ4v) is 2.58. The fourth-order valence-electron chi connectivity index (χ4n) is 2.58. The molecule has 3 heteroatoms. The molecular formula is C18H21N3. The Balaban J connectivity index is 1.73. The van der Waals surface area contributed by atoms with Crippen LogP contribution in [-0.2, 0) is 12.8 Å². The largest absolute Gasteiger partial charge is 0.341 e. The van der Waals surface area contributed by atoms with Crippen LogP contribution in [-0.4, -0.2) is 9.97 Å². The summed E-state index contributed by atoms with van der Waals surface area (Å²) in [7, 11) is 0. The van der Waals surface area contributed by atoms with Crippen LogP contribution in [0.4, 0.5) is 0 Å². The molecule has 0 saturated carbocycles. The number of nitrogens with two attached hydrogens (primary N) is 1. The van der Waals surface area contributed by atoms with Gasteiger partial charge >= 0.3 is 0 Å². The Morgan fingerprint density at radius 3 is 2.67 bits per heavy atom. The number of nitrogens with zero attached hydrogens (tertiary/aromatic N) is 1. The molecule has 2 aromatic carbocycles. The zero-order chi connectivity index (χ0) is 14.7. The molecule has 0 aliphatic heterocycles.